The molecule has 0 radical (unpaired) electrons. The number of thiazole rings is 1. The third-order valence-corrected chi connectivity index (χ3v) is 7.23. The van der Waals surface area contributed by atoms with Crippen molar-refractivity contribution >= 4 is 38.9 Å². The highest BCUT2D eigenvalue weighted by Crippen LogP contribution is 2.20. The summed E-state index contributed by atoms with van der Waals surface area (Å²) in [5, 5.41) is 8.85. The van der Waals surface area contributed by atoms with Crippen molar-refractivity contribution in [2.24, 2.45) is 4.99 Å². The van der Waals surface area contributed by atoms with Gasteiger partial charge in [0.25, 0.3) is 0 Å². The molecule has 0 aliphatic carbocycles. The minimum atomic E-state index is -2.88. The summed E-state index contributed by atoms with van der Waals surface area (Å²) in [4.78, 5) is 11.2. The van der Waals surface area contributed by atoms with Gasteiger partial charge in [-0.15, -0.1) is 11.3 Å². The van der Waals surface area contributed by atoms with E-state index in [4.69, 9.17) is 0 Å². The standard InChI is InChI=1S/C17H31N5O2S3/c1-3-18-16(19-7-4-12-25-17-20-8-13-26-17)21-15-5-9-22(10-6-15)11-14-27(2,23)24/h8,13,15H,3-7,9-12,14H2,1-2H3,(H2,18,19,21). The summed E-state index contributed by atoms with van der Waals surface area (Å²) in [5.74, 6) is 2.15. The second kappa shape index (κ2) is 11.9. The maximum Gasteiger partial charge on any atom is 0.191 e. The number of aromatic nitrogens is 1. The average molecular weight is 434 g/mol. The van der Waals surface area contributed by atoms with Crippen LogP contribution in [-0.2, 0) is 9.84 Å². The fourth-order valence-electron chi connectivity index (χ4n) is 2.81. The van der Waals surface area contributed by atoms with E-state index in [1.54, 1.807) is 23.1 Å². The highest BCUT2D eigenvalue weighted by atomic mass is 32.2. The Bertz CT molecular complexity index is 656. The van der Waals surface area contributed by atoms with Gasteiger partial charge in [-0.05, 0) is 26.2 Å². The Hall–Kier alpha value is -0.840. The molecule has 10 heteroatoms. The number of hydrogen-bond acceptors (Lipinski definition) is 7. The summed E-state index contributed by atoms with van der Waals surface area (Å²) in [5.41, 5.74) is 0. The highest BCUT2D eigenvalue weighted by molar-refractivity contribution is 8.01. The lowest BCUT2D eigenvalue weighted by molar-refractivity contribution is 0.216. The Labute approximate surface area is 171 Å². The lowest BCUT2D eigenvalue weighted by atomic mass is 10.1. The van der Waals surface area contributed by atoms with E-state index in [1.807, 2.05) is 11.6 Å². The zero-order chi connectivity index (χ0) is 19.5. The van der Waals surface area contributed by atoms with Crippen molar-refractivity contribution in [3.63, 3.8) is 0 Å². The average Bonchev–Trinajstić information content (AvgIpc) is 3.14. The fraction of sp³-hybridized carbons (Fsp3) is 0.765. The van der Waals surface area contributed by atoms with Gasteiger partial charge in [0.1, 0.15) is 14.2 Å². The van der Waals surface area contributed by atoms with Crippen LogP contribution in [0, 0.1) is 0 Å². The van der Waals surface area contributed by atoms with Crippen molar-refractivity contribution in [3.05, 3.63) is 11.6 Å². The molecule has 0 atom stereocenters. The van der Waals surface area contributed by atoms with E-state index in [9.17, 15) is 8.42 Å². The molecule has 1 aromatic heterocycles. The molecular formula is C17H31N5O2S3. The van der Waals surface area contributed by atoms with E-state index < -0.39 is 9.84 Å². The van der Waals surface area contributed by atoms with Gasteiger partial charge in [0.2, 0.25) is 0 Å². The molecule has 27 heavy (non-hydrogen) atoms. The summed E-state index contributed by atoms with van der Waals surface area (Å²) >= 11 is 3.46. The lowest BCUT2D eigenvalue weighted by Gasteiger charge is -2.32. The van der Waals surface area contributed by atoms with Crippen LogP contribution in [0.3, 0.4) is 0 Å². The van der Waals surface area contributed by atoms with Crippen LogP contribution in [0.15, 0.2) is 20.9 Å². The molecule has 2 heterocycles. The predicted molar refractivity (Wildman–Crippen MR) is 116 cm³/mol. The van der Waals surface area contributed by atoms with Gasteiger partial charge in [0.05, 0.1) is 5.75 Å². The number of rotatable bonds is 10. The molecule has 1 saturated heterocycles. The van der Waals surface area contributed by atoms with Crippen LogP contribution in [-0.4, -0.2) is 80.8 Å². The van der Waals surface area contributed by atoms with Crippen LogP contribution >= 0.6 is 23.1 Å². The van der Waals surface area contributed by atoms with Gasteiger partial charge in [-0.1, -0.05) is 11.8 Å². The number of nitrogens with one attached hydrogen (secondary N) is 2. The molecule has 2 N–H and O–H groups in total. The molecule has 0 aromatic carbocycles. The molecular weight excluding hydrogens is 402 g/mol. The van der Waals surface area contributed by atoms with Crippen molar-refractivity contribution in [2.75, 3.05) is 50.5 Å². The Morgan fingerprint density at radius 3 is 2.85 bits per heavy atom. The number of nitrogens with zero attached hydrogens (tertiary/aromatic N) is 3. The fourth-order valence-corrected chi connectivity index (χ4v) is 5.03. The monoisotopic (exact) mass is 433 g/mol. The Balaban J connectivity index is 1.67. The molecule has 0 bridgehead atoms. The zero-order valence-corrected chi connectivity index (χ0v) is 18.6. The van der Waals surface area contributed by atoms with Crippen molar-refractivity contribution in [2.45, 2.75) is 36.6 Å². The number of guanidine groups is 1. The maximum atomic E-state index is 11.3. The second-order valence-electron chi connectivity index (χ2n) is 6.65. The number of sulfone groups is 1. The minimum Gasteiger partial charge on any atom is -0.357 e. The second-order valence-corrected chi connectivity index (χ2v) is 11.1. The van der Waals surface area contributed by atoms with Crippen LogP contribution in [0.25, 0.3) is 0 Å². The van der Waals surface area contributed by atoms with Crippen LogP contribution in [0.5, 0.6) is 0 Å². The Morgan fingerprint density at radius 2 is 2.22 bits per heavy atom. The first-order valence-corrected chi connectivity index (χ1v) is 13.4. The molecule has 1 fully saturated rings. The maximum absolute atomic E-state index is 11.3. The summed E-state index contributed by atoms with van der Waals surface area (Å²) < 4.78 is 23.7. The topological polar surface area (TPSA) is 86.7 Å². The van der Waals surface area contributed by atoms with Crippen LogP contribution in [0.1, 0.15) is 26.2 Å². The summed E-state index contributed by atoms with van der Waals surface area (Å²) in [6.07, 6.45) is 6.17. The molecule has 0 amide bonds. The summed E-state index contributed by atoms with van der Waals surface area (Å²) in [7, 11) is -2.88. The van der Waals surface area contributed by atoms with E-state index in [0.29, 0.717) is 12.6 Å². The number of thioether (sulfide) groups is 1. The van der Waals surface area contributed by atoms with Gasteiger partial charge in [0.15, 0.2) is 5.96 Å². The lowest BCUT2D eigenvalue weighted by Crippen LogP contribution is -2.49. The molecule has 0 spiro atoms. The van der Waals surface area contributed by atoms with Gasteiger partial charge < -0.3 is 15.5 Å². The van der Waals surface area contributed by atoms with Crippen LogP contribution < -0.4 is 10.6 Å². The first-order valence-electron chi connectivity index (χ1n) is 9.43. The van der Waals surface area contributed by atoms with Gasteiger partial charge in [-0.3, -0.25) is 4.99 Å². The van der Waals surface area contributed by atoms with E-state index in [0.717, 1.165) is 61.5 Å². The smallest absolute Gasteiger partial charge is 0.191 e. The summed E-state index contributed by atoms with van der Waals surface area (Å²) in [6.45, 7) is 6.20. The van der Waals surface area contributed by atoms with E-state index >= 15 is 0 Å². The largest absolute Gasteiger partial charge is 0.357 e. The van der Waals surface area contributed by atoms with Crippen LogP contribution in [0.4, 0.5) is 0 Å². The number of hydrogen-bond donors (Lipinski definition) is 2. The normalized spacial score (nSPS) is 17.2. The molecule has 1 aromatic rings. The van der Waals surface area contributed by atoms with Crippen molar-refractivity contribution < 1.29 is 8.42 Å². The SMILES string of the molecule is CCNC(=NCCCSc1nccs1)NC1CCN(CCS(C)(=O)=O)CC1. The quantitative estimate of drug-likeness (QED) is 0.251. The highest BCUT2D eigenvalue weighted by Gasteiger charge is 2.20. The molecule has 7 nitrogen and oxygen atoms in total. The number of aliphatic imine (C=N–C) groups is 1. The zero-order valence-electron chi connectivity index (χ0n) is 16.2. The molecule has 0 saturated carbocycles. The Morgan fingerprint density at radius 1 is 1.44 bits per heavy atom. The molecule has 1 aliphatic rings. The van der Waals surface area contributed by atoms with Gasteiger partial charge in [-0.25, -0.2) is 13.4 Å². The molecule has 1 aliphatic heterocycles. The third-order valence-electron chi connectivity index (χ3n) is 4.26. The van der Waals surface area contributed by atoms with Crippen molar-refractivity contribution in [1.82, 2.24) is 20.5 Å². The molecule has 0 unspecified atom stereocenters. The van der Waals surface area contributed by atoms with Crippen LogP contribution in [0.2, 0.25) is 0 Å². The molecule has 2 rings (SSSR count). The van der Waals surface area contributed by atoms with Gasteiger partial charge in [0, 0.05) is 62.4 Å². The van der Waals surface area contributed by atoms with E-state index in [2.05, 4.69) is 32.4 Å². The third kappa shape index (κ3) is 9.77. The summed E-state index contributed by atoms with van der Waals surface area (Å²) in [6, 6.07) is 0.391. The van der Waals surface area contributed by atoms with Crippen molar-refractivity contribution in [1.29, 1.82) is 0 Å². The van der Waals surface area contributed by atoms with E-state index in [1.165, 1.54) is 6.26 Å². The number of piperidine rings is 1. The van der Waals surface area contributed by atoms with Gasteiger partial charge in [-0.2, -0.15) is 0 Å². The number of likely N-dealkylation sites (tertiary alicyclic amines) is 1. The first-order chi connectivity index (χ1) is 13.0. The van der Waals surface area contributed by atoms with Crippen molar-refractivity contribution in [3.8, 4) is 0 Å². The Kier molecular flexibility index (Phi) is 9.88. The predicted octanol–water partition coefficient (Wildman–Crippen LogP) is 1.69. The first kappa shape index (κ1) is 22.4. The molecule has 154 valence electrons. The minimum absolute atomic E-state index is 0.244. The van der Waals surface area contributed by atoms with Gasteiger partial charge >= 0.3 is 0 Å². The van der Waals surface area contributed by atoms with E-state index in [-0.39, 0.29) is 5.75 Å².